The number of nitrogens with one attached hydrogen (secondary N) is 1. The maximum Gasteiger partial charge on any atom is 0.251 e. The highest BCUT2D eigenvalue weighted by molar-refractivity contribution is 5.94. The standard InChI is InChI=1S/C11H15FN2O.ClH/c1-7-5-9(3-4-10(7)12)11(15)14-8(2)6-13;/h3-5,8H,6,13H2,1-2H3,(H,14,15);1H/t8-;/m1./s1. The third-order valence-corrected chi connectivity index (χ3v) is 2.15. The number of carbonyl (C=O) groups excluding carboxylic acids is 1. The topological polar surface area (TPSA) is 55.1 Å². The smallest absolute Gasteiger partial charge is 0.251 e. The van der Waals surface area contributed by atoms with Gasteiger partial charge in [-0.25, -0.2) is 4.39 Å². The first-order valence-electron chi connectivity index (χ1n) is 4.81. The fourth-order valence-corrected chi connectivity index (χ4v) is 1.15. The molecule has 0 aliphatic carbocycles. The molecule has 0 aromatic heterocycles. The molecule has 1 atom stereocenters. The Morgan fingerprint density at radius 1 is 1.56 bits per heavy atom. The van der Waals surface area contributed by atoms with Gasteiger partial charge in [-0.15, -0.1) is 12.4 Å². The van der Waals surface area contributed by atoms with Gasteiger partial charge in [0.1, 0.15) is 5.82 Å². The minimum Gasteiger partial charge on any atom is -0.348 e. The lowest BCUT2D eigenvalue weighted by Crippen LogP contribution is -2.37. The highest BCUT2D eigenvalue weighted by Gasteiger charge is 2.09. The fourth-order valence-electron chi connectivity index (χ4n) is 1.15. The van der Waals surface area contributed by atoms with E-state index in [4.69, 9.17) is 5.73 Å². The van der Waals surface area contributed by atoms with E-state index in [1.54, 1.807) is 6.92 Å². The van der Waals surface area contributed by atoms with E-state index in [0.717, 1.165) is 0 Å². The molecular formula is C11H16ClFN2O. The predicted molar refractivity (Wildman–Crippen MR) is 64.4 cm³/mol. The van der Waals surface area contributed by atoms with Crippen molar-refractivity contribution in [3.05, 3.63) is 35.1 Å². The summed E-state index contributed by atoms with van der Waals surface area (Å²) >= 11 is 0. The number of aryl methyl sites for hydroxylation is 1. The number of hydrogen-bond acceptors (Lipinski definition) is 2. The molecule has 0 aliphatic heterocycles. The Bertz CT molecular complexity index is 371. The van der Waals surface area contributed by atoms with Crippen molar-refractivity contribution in [3.8, 4) is 0 Å². The summed E-state index contributed by atoms with van der Waals surface area (Å²) in [5.41, 5.74) is 6.29. The first-order valence-corrected chi connectivity index (χ1v) is 4.81. The van der Waals surface area contributed by atoms with Crippen LogP contribution in [0.15, 0.2) is 18.2 Å². The Hall–Kier alpha value is -1.13. The Balaban J connectivity index is 0.00000225. The molecule has 0 saturated carbocycles. The minimum absolute atomic E-state index is 0. The zero-order chi connectivity index (χ0) is 11.4. The van der Waals surface area contributed by atoms with Gasteiger partial charge < -0.3 is 11.1 Å². The Labute approximate surface area is 101 Å². The second-order valence-electron chi connectivity index (χ2n) is 3.57. The Kier molecular flexibility index (Phi) is 6.00. The van der Waals surface area contributed by atoms with Crippen LogP contribution < -0.4 is 11.1 Å². The molecule has 5 heteroatoms. The third kappa shape index (κ3) is 3.79. The molecule has 1 aromatic carbocycles. The van der Waals surface area contributed by atoms with Gasteiger partial charge in [-0.2, -0.15) is 0 Å². The van der Waals surface area contributed by atoms with Gasteiger partial charge in [0.2, 0.25) is 0 Å². The van der Waals surface area contributed by atoms with E-state index in [1.165, 1.54) is 18.2 Å². The quantitative estimate of drug-likeness (QED) is 0.852. The number of hydrogen-bond donors (Lipinski definition) is 2. The molecule has 0 unspecified atom stereocenters. The number of nitrogens with two attached hydrogens (primary N) is 1. The summed E-state index contributed by atoms with van der Waals surface area (Å²) in [6.45, 7) is 3.82. The van der Waals surface area contributed by atoms with Crippen LogP contribution in [0, 0.1) is 12.7 Å². The van der Waals surface area contributed by atoms with Crippen molar-refractivity contribution in [2.45, 2.75) is 19.9 Å². The number of benzene rings is 1. The van der Waals surface area contributed by atoms with Crippen molar-refractivity contribution < 1.29 is 9.18 Å². The van der Waals surface area contributed by atoms with Crippen LogP contribution in [0.2, 0.25) is 0 Å². The third-order valence-electron chi connectivity index (χ3n) is 2.15. The lowest BCUT2D eigenvalue weighted by atomic mass is 10.1. The minimum atomic E-state index is -0.307. The average Bonchev–Trinajstić information content (AvgIpc) is 2.21. The highest BCUT2D eigenvalue weighted by Crippen LogP contribution is 2.09. The summed E-state index contributed by atoms with van der Waals surface area (Å²) in [5, 5.41) is 2.71. The maximum absolute atomic E-state index is 12.9. The van der Waals surface area contributed by atoms with Crippen molar-refractivity contribution in [2.24, 2.45) is 5.73 Å². The van der Waals surface area contributed by atoms with Crippen LogP contribution in [0.1, 0.15) is 22.8 Å². The normalized spacial score (nSPS) is 11.5. The molecule has 0 bridgehead atoms. The van der Waals surface area contributed by atoms with Gasteiger partial charge >= 0.3 is 0 Å². The van der Waals surface area contributed by atoms with Gasteiger partial charge in [0.25, 0.3) is 5.91 Å². The molecule has 90 valence electrons. The summed E-state index contributed by atoms with van der Waals surface area (Å²) in [6, 6.07) is 4.19. The van der Waals surface area contributed by atoms with E-state index in [9.17, 15) is 9.18 Å². The molecule has 0 fully saturated rings. The summed E-state index contributed by atoms with van der Waals surface area (Å²) < 4.78 is 12.9. The first kappa shape index (κ1) is 14.9. The molecule has 1 aromatic rings. The number of amides is 1. The van der Waals surface area contributed by atoms with Crippen molar-refractivity contribution >= 4 is 18.3 Å². The van der Waals surface area contributed by atoms with Crippen LogP contribution in [-0.4, -0.2) is 18.5 Å². The molecule has 3 nitrogen and oxygen atoms in total. The fraction of sp³-hybridized carbons (Fsp3) is 0.364. The molecule has 16 heavy (non-hydrogen) atoms. The van der Waals surface area contributed by atoms with E-state index in [-0.39, 0.29) is 30.2 Å². The molecule has 0 radical (unpaired) electrons. The zero-order valence-corrected chi connectivity index (χ0v) is 10.1. The molecule has 0 spiro atoms. The molecule has 1 rings (SSSR count). The molecule has 1 amide bonds. The second kappa shape index (κ2) is 6.45. The van der Waals surface area contributed by atoms with Gasteiger partial charge in [-0.05, 0) is 37.6 Å². The van der Waals surface area contributed by atoms with E-state index in [2.05, 4.69) is 5.32 Å². The molecular weight excluding hydrogens is 231 g/mol. The van der Waals surface area contributed by atoms with E-state index in [0.29, 0.717) is 17.7 Å². The summed E-state index contributed by atoms with van der Waals surface area (Å²) in [6.07, 6.45) is 0. The molecule has 0 aliphatic rings. The number of rotatable bonds is 3. The lowest BCUT2D eigenvalue weighted by molar-refractivity contribution is 0.0941. The molecule has 0 heterocycles. The van der Waals surface area contributed by atoms with E-state index >= 15 is 0 Å². The maximum atomic E-state index is 12.9. The number of halogens is 2. The van der Waals surface area contributed by atoms with Gasteiger partial charge in [-0.1, -0.05) is 0 Å². The average molecular weight is 247 g/mol. The Morgan fingerprint density at radius 3 is 2.69 bits per heavy atom. The van der Waals surface area contributed by atoms with Crippen LogP contribution >= 0.6 is 12.4 Å². The van der Waals surface area contributed by atoms with Crippen LogP contribution in [0.25, 0.3) is 0 Å². The predicted octanol–water partition coefficient (Wildman–Crippen LogP) is 1.63. The van der Waals surface area contributed by atoms with E-state index < -0.39 is 0 Å². The van der Waals surface area contributed by atoms with Crippen LogP contribution in [0.5, 0.6) is 0 Å². The van der Waals surface area contributed by atoms with Crippen LogP contribution in [0.3, 0.4) is 0 Å². The number of carbonyl (C=O) groups is 1. The van der Waals surface area contributed by atoms with Crippen molar-refractivity contribution in [3.63, 3.8) is 0 Å². The van der Waals surface area contributed by atoms with Crippen LogP contribution in [-0.2, 0) is 0 Å². The highest BCUT2D eigenvalue weighted by atomic mass is 35.5. The van der Waals surface area contributed by atoms with E-state index in [1.807, 2.05) is 6.92 Å². The summed E-state index contributed by atoms with van der Waals surface area (Å²) in [5.74, 6) is -0.533. The Morgan fingerprint density at radius 2 is 2.19 bits per heavy atom. The largest absolute Gasteiger partial charge is 0.348 e. The monoisotopic (exact) mass is 246 g/mol. The van der Waals surface area contributed by atoms with Crippen molar-refractivity contribution in [1.29, 1.82) is 0 Å². The second-order valence-corrected chi connectivity index (χ2v) is 3.57. The van der Waals surface area contributed by atoms with Gasteiger partial charge in [0, 0.05) is 18.2 Å². The zero-order valence-electron chi connectivity index (χ0n) is 9.29. The summed E-state index contributed by atoms with van der Waals surface area (Å²) in [4.78, 5) is 11.6. The van der Waals surface area contributed by atoms with Gasteiger partial charge in [0.15, 0.2) is 0 Å². The van der Waals surface area contributed by atoms with Gasteiger partial charge in [0.05, 0.1) is 0 Å². The van der Waals surface area contributed by atoms with Crippen molar-refractivity contribution in [2.75, 3.05) is 6.54 Å². The van der Waals surface area contributed by atoms with Gasteiger partial charge in [-0.3, -0.25) is 4.79 Å². The molecule has 0 saturated heterocycles. The first-order chi connectivity index (χ1) is 7.04. The van der Waals surface area contributed by atoms with Crippen molar-refractivity contribution in [1.82, 2.24) is 5.32 Å². The molecule has 3 N–H and O–H groups in total. The SMILES string of the molecule is Cc1cc(C(=O)N[C@H](C)CN)ccc1F.Cl. The lowest BCUT2D eigenvalue weighted by Gasteiger charge is -2.11. The summed E-state index contributed by atoms with van der Waals surface area (Å²) in [7, 11) is 0. The van der Waals surface area contributed by atoms with Crippen LogP contribution in [0.4, 0.5) is 4.39 Å².